The minimum absolute atomic E-state index is 0. The molecule has 0 aromatic heterocycles. The second-order valence-electron chi connectivity index (χ2n) is 5.15. The van der Waals surface area contributed by atoms with E-state index in [-0.39, 0.29) is 30.5 Å². The van der Waals surface area contributed by atoms with E-state index in [0.717, 1.165) is 32.6 Å². The number of nitrogens with one attached hydrogen (secondary N) is 1. The fourth-order valence-electron chi connectivity index (χ4n) is 2.67. The van der Waals surface area contributed by atoms with Gasteiger partial charge < -0.3 is 10.2 Å². The van der Waals surface area contributed by atoms with Crippen LogP contribution in [-0.4, -0.2) is 67.7 Å². The number of guanidine groups is 1. The monoisotopic (exact) mass is 418 g/mol. The van der Waals surface area contributed by atoms with E-state index in [4.69, 9.17) is 0 Å². The van der Waals surface area contributed by atoms with Gasteiger partial charge in [0.25, 0.3) is 0 Å². The minimum atomic E-state index is -4.12. The summed E-state index contributed by atoms with van der Waals surface area (Å²) in [5, 5.41) is 2.80. The lowest BCUT2D eigenvalue weighted by Gasteiger charge is -2.25. The first-order chi connectivity index (χ1) is 9.49. The van der Waals surface area contributed by atoms with Gasteiger partial charge in [-0.25, -0.2) is 0 Å². The quantitative estimate of drug-likeness (QED) is 0.330. The van der Waals surface area contributed by atoms with E-state index in [1.54, 1.807) is 7.05 Å². The molecular weight excluding hydrogens is 396 g/mol. The Morgan fingerprint density at radius 1 is 1.33 bits per heavy atom. The van der Waals surface area contributed by atoms with E-state index < -0.39 is 12.6 Å². The second-order valence-corrected chi connectivity index (χ2v) is 5.15. The Balaban J connectivity index is 0.00000220. The first-order valence-electron chi connectivity index (χ1n) is 6.91. The fourth-order valence-corrected chi connectivity index (χ4v) is 2.67. The van der Waals surface area contributed by atoms with Gasteiger partial charge in [-0.2, -0.15) is 13.2 Å². The minimum Gasteiger partial charge on any atom is -0.356 e. The van der Waals surface area contributed by atoms with E-state index >= 15 is 0 Å². The zero-order valence-corrected chi connectivity index (χ0v) is 14.4. The molecular formula is C13H22F3IN4. The van der Waals surface area contributed by atoms with Crippen LogP contribution < -0.4 is 5.32 Å². The topological polar surface area (TPSA) is 30.9 Å². The van der Waals surface area contributed by atoms with Gasteiger partial charge in [-0.05, 0) is 6.42 Å². The predicted molar refractivity (Wildman–Crippen MR) is 88.1 cm³/mol. The molecule has 1 N–H and O–H groups in total. The Hall–Kier alpha value is -0.510. The number of alkyl halides is 3. The maximum absolute atomic E-state index is 12.1. The molecule has 2 heterocycles. The summed E-state index contributed by atoms with van der Waals surface area (Å²) in [6, 6.07) is 0.464. The summed E-state index contributed by atoms with van der Waals surface area (Å²) in [5.41, 5.74) is 0. The first kappa shape index (κ1) is 18.5. The van der Waals surface area contributed by atoms with Gasteiger partial charge in [-0.1, -0.05) is 12.2 Å². The maximum Gasteiger partial charge on any atom is 0.390 e. The van der Waals surface area contributed by atoms with Crippen LogP contribution in [0.2, 0.25) is 0 Å². The van der Waals surface area contributed by atoms with E-state index in [2.05, 4.69) is 27.4 Å². The molecule has 0 amide bonds. The third-order valence-corrected chi connectivity index (χ3v) is 3.73. The molecule has 1 atom stereocenters. The van der Waals surface area contributed by atoms with Crippen molar-refractivity contribution in [3.05, 3.63) is 12.2 Å². The molecule has 2 aliphatic rings. The maximum atomic E-state index is 12.1. The van der Waals surface area contributed by atoms with Crippen molar-refractivity contribution >= 4 is 29.9 Å². The molecule has 2 aliphatic heterocycles. The van der Waals surface area contributed by atoms with Crippen LogP contribution in [0.15, 0.2) is 17.1 Å². The van der Waals surface area contributed by atoms with Crippen molar-refractivity contribution in [2.75, 3.05) is 39.8 Å². The van der Waals surface area contributed by atoms with Gasteiger partial charge in [0.2, 0.25) is 0 Å². The lowest BCUT2D eigenvalue weighted by Crippen LogP contribution is -2.43. The summed E-state index contributed by atoms with van der Waals surface area (Å²) in [6.07, 6.45) is 0.375. The Morgan fingerprint density at radius 2 is 2.00 bits per heavy atom. The van der Waals surface area contributed by atoms with Crippen molar-refractivity contribution < 1.29 is 13.2 Å². The molecule has 1 fully saturated rings. The Morgan fingerprint density at radius 3 is 2.57 bits per heavy atom. The molecule has 0 radical (unpaired) electrons. The highest BCUT2D eigenvalue weighted by atomic mass is 127. The van der Waals surface area contributed by atoms with Gasteiger partial charge in [-0.15, -0.1) is 24.0 Å². The highest BCUT2D eigenvalue weighted by molar-refractivity contribution is 14.0. The summed E-state index contributed by atoms with van der Waals surface area (Å²) >= 11 is 0. The lowest BCUT2D eigenvalue weighted by atomic mass is 10.2. The Kier molecular flexibility index (Phi) is 7.25. The summed E-state index contributed by atoms with van der Waals surface area (Å²) < 4.78 is 36.4. The SMILES string of the molecule is CN=C(NCCC(F)(F)F)N1CCC(N2CC=CC2)C1.I. The van der Waals surface area contributed by atoms with Crippen LogP contribution in [0.4, 0.5) is 13.2 Å². The van der Waals surface area contributed by atoms with Gasteiger partial charge in [-0.3, -0.25) is 9.89 Å². The molecule has 122 valence electrons. The summed E-state index contributed by atoms with van der Waals surface area (Å²) in [6.45, 7) is 3.49. The zero-order valence-electron chi connectivity index (χ0n) is 12.1. The standard InChI is InChI=1S/C13H21F3N4.HI/c1-17-12(18-6-5-13(14,15)16)20-9-4-11(10-20)19-7-2-3-8-19;/h2-3,11H,4-10H2,1H3,(H,17,18);1H. The molecule has 4 nitrogen and oxygen atoms in total. The molecule has 0 aromatic carbocycles. The summed E-state index contributed by atoms with van der Waals surface area (Å²) in [7, 11) is 1.61. The van der Waals surface area contributed by atoms with Gasteiger partial charge in [0.05, 0.1) is 6.42 Å². The van der Waals surface area contributed by atoms with Crippen LogP contribution >= 0.6 is 24.0 Å². The van der Waals surface area contributed by atoms with Crippen LogP contribution in [-0.2, 0) is 0 Å². The summed E-state index contributed by atoms with van der Waals surface area (Å²) in [4.78, 5) is 8.50. The number of hydrogen-bond donors (Lipinski definition) is 1. The van der Waals surface area contributed by atoms with Crippen molar-refractivity contribution in [2.45, 2.75) is 25.1 Å². The highest BCUT2D eigenvalue weighted by Crippen LogP contribution is 2.19. The fraction of sp³-hybridized carbons (Fsp3) is 0.769. The number of rotatable bonds is 3. The van der Waals surface area contributed by atoms with E-state index in [1.807, 2.05) is 4.90 Å². The average molecular weight is 418 g/mol. The molecule has 21 heavy (non-hydrogen) atoms. The van der Waals surface area contributed by atoms with Crippen LogP contribution in [0.1, 0.15) is 12.8 Å². The predicted octanol–water partition coefficient (Wildman–Crippen LogP) is 2.08. The molecule has 1 saturated heterocycles. The molecule has 0 saturated carbocycles. The first-order valence-corrected chi connectivity index (χ1v) is 6.91. The molecule has 0 aromatic rings. The summed E-state index contributed by atoms with van der Waals surface area (Å²) in [5.74, 6) is 0.573. The number of likely N-dealkylation sites (tertiary alicyclic amines) is 1. The van der Waals surface area contributed by atoms with Crippen LogP contribution in [0.25, 0.3) is 0 Å². The molecule has 1 unspecified atom stereocenters. The largest absolute Gasteiger partial charge is 0.390 e. The van der Waals surface area contributed by atoms with Crippen molar-refractivity contribution in [3.8, 4) is 0 Å². The van der Waals surface area contributed by atoms with Crippen LogP contribution in [0.5, 0.6) is 0 Å². The van der Waals surface area contributed by atoms with Crippen LogP contribution in [0.3, 0.4) is 0 Å². The third kappa shape index (κ3) is 5.65. The van der Waals surface area contributed by atoms with Gasteiger partial charge in [0.1, 0.15) is 0 Å². The van der Waals surface area contributed by atoms with Gasteiger partial charge in [0.15, 0.2) is 5.96 Å². The van der Waals surface area contributed by atoms with E-state index in [0.29, 0.717) is 12.0 Å². The van der Waals surface area contributed by atoms with Crippen molar-refractivity contribution in [3.63, 3.8) is 0 Å². The molecule has 0 spiro atoms. The number of halogens is 4. The molecule has 8 heteroatoms. The van der Waals surface area contributed by atoms with Crippen molar-refractivity contribution in [1.82, 2.24) is 15.1 Å². The van der Waals surface area contributed by atoms with Gasteiger partial charge >= 0.3 is 6.18 Å². The van der Waals surface area contributed by atoms with Gasteiger partial charge in [0, 0.05) is 45.8 Å². The Bertz CT molecular complexity index is 376. The lowest BCUT2D eigenvalue weighted by molar-refractivity contribution is -0.132. The number of aliphatic imine (C=N–C) groups is 1. The highest BCUT2D eigenvalue weighted by Gasteiger charge is 2.30. The molecule has 0 bridgehead atoms. The number of nitrogens with zero attached hydrogens (tertiary/aromatic N) is 3. The van der Waals surface area contributed by atoms with E-state index in [9.17, 15) is 13.2 Å². The smallest absolute Gasteiger partial charge is 0.356 e. The second kappa shape index (κ2) is 8.21. The molecule has 0 aliphatic carbocycles. The van der Waals surface area contributed by atoms with Crippen molar-refractivity contribution in [2.24, 2.45) is 4.99 Å². The molecule has 2 rings (SSSR count). The van der Waals surface area contributed by atoms with Crippen molar-refractivity contribution in [1.29, 1.82) is 0 Å². The zero-order chi connectivity index (χ0) is 14.6. The number of hydrogen-bond acceptors (Lipinski definition) is 2. The normalized spacial score (nSPS) is 23.5. The van der Waals surface area contributed by atoms with Crippen LogP contribution in [0, 0.1) is 0 Å². The third-order valence-electron chi connectivity index (χ3n) is 3.73. The Labute approximate surface area is 140 Å². The van der Waals surface area contributed by atoms with E-state index in [1.165, 1.54) is 0 Å². The average Bonchev–Trinajstić information content (AvgIpc) is 3.03.